The molecule has 0 saturated carbocycles. The number of rotatable bonds is 8. The van der Waals surface area contributed by atoms with Gasteiger partial charge < -0.3 is 10.0 Å². The summed E-state index contributed by atoms with van der Waals surface area (Å²) in [5.74, 6) is 0.424. The first kappa shape index (κ1) is 21.4. The molecule has 162 valence electrons. The molecule has 1 heterocycles. The van der Waals surface area contributed by atoms with Crippen LogP contribution in [0, 0.1) is 0 Å². The van der Waals surface area contributed by atoms with Crippen molar-refractivity contribution in [2.45, 2.75) is 33.1 Å². The quantitative estimate of drug-likeness (QED) is 0.526. The Balaban J connectivity index is 1.65. The topological polar surface area (TPSA) is 32.4 Å². The van der Waals surface area contributed by atoms with Crippen LogP contribution in [0.2, 0.25) is 0 Å². The Hall–Kier alpha value is -2.82. The lowest BCUT2D eigenvalue weighted by molar-refractivity contribution is -1.09. The van der Waals surface area contributed by atoms with E-state index in [1.165, 1.54) is 20.9 Å². The first-order valence-electron chi connectivity index (χ1n) is 11.5. The van der Waals surface area contributed by atoms with Gasteiger partial charge in [0.15, 0.2) is 0 Å². The molecular weight excluding hydrogens is 382 g/mol. The summed E-state index contributed by atoms with van der Waals surface area (Å²) in [6, 6.07) is 27.8. The predicted molar refractivity (Wildman–Crippen MR) is 126 cm³/mol. The highest BCUT2D eigenvalue weighted by Crippen LogP contribution is 2.27. The molecule has 4 nitrogen and oxygen atoms in total. The van der Waals surface area contributed by atoms with Crippen LogP contribution in [-0.2, 0) is 13.1 Å². The van der Waals surface area contributed by atoms with Crippen molar-refractivity contribution in [3.63, 3.8) is 0 Å². The summed E-state index contributed by atoms with van der Waals surface area (Å²) in [4.78, 5) is 5.31. The van der Waals surface area contributed by atoms with Gasteiger partial charge in [-0.2, -0.15) is 0 Å². The second-order valence-electron chi connectivity index (χ2n) is 8.49. The van der Waals surface area contributed by atoms with Crippen molar-refractivity contribution in [2.75, 3.05) is 31.1 Å². The van der Waals surface area contributed by atoms with Gasteiger partial charge in [0.25, 0.3) is 0 Å². The standard InChI is InChI=1S/C27H33N3O/c1-3-28(4-2)24-15-16-25(26(31)19-24)27-29(20-22-11-7-5-8-12-22)17-18-30(27)21-23-13-9-6-10-14-23/h5-16,19,27,31H,3-4,17-18,20-21H2,1-2H3/p+2. The molecule has 4 heteroatoms. The van der Waals surface area contributed by atoms with E-state index in [1.807, 2.05) is 6.07 Å². The first-order chi connectivity index (χ1) is 15.2. The summed E-state index contributed by atoms with van der Waals surface area (Å²) in [6.07, 6.45) is 0.214. The van der Waals surface area contributed by atoms with Crippen LogP contribution in [-0.4, -0.2) is 31.3 Å². The van der Waals surface area contributed by atoms with Gasteiger partial charge in [-0.15, -0.1) is 0 Å². The Morgan fingerprint density at radius 3 is 1.74 bits per heavy atom. The Labute approximate surface area is 186 Å². The van der Waals surface area contributed by atoms with Crippen molar-refractivity contribution >= 4 is 5.69 Å². The number of aromatic hydroxyl groups is 1. The molecule has 31 heavy (non-hydrogen) atoms. The average molecular weight is 418 g/mol. The van der Waals surface area contributed by atoms with Crippen LogP contribution in [0.25, 0.3) is 0 Å². The number of anilines is 1. The molecule has 1 aliphatic heterocycles. The number of nitrogens with one attached hydrogen (secondary N) is 2. The highest BCUT2D eigenvalue weighted by atomic mass is 16.3. The lowest BCUT2D eigenvalue weighted by Crippen LogP contribution is -3.22. The molecule has 1 saturated heterocycles. The molecule has 0 amide bonds. The Morgan fingerprint density at radius 2 is 1.29 bits per heavy atom. The van der Waals surface area contributed by atoms with Gasteiger partial charge in [0.2, 0.25) is 6.17 Å². The molecular formula is C27H35N3O+2. The second-order valence-corrected chi connectivity index (χ2v) is 8.49. The van der Waals surface area contributed by atoms with Crippen molar-refractivity contribution in [3.05, 3.63) is 95.6 Å². The molecule has 4 rings (SSSR count). The van der Waals surface area contributed by atoms with Crippen LogP contribution >= 0.6 is 0 Å². The Bertz CT molecular complexity index is 907. The molecule has 3 aromatic rings. The molecule has 0 bridgehead atoms. The fourth-order valence-corrected chi connectivity index (χ4v) is 5.00. The van der Waals surface area contributed by atoms with E-state index in [9.17, 15) is 5.11 Å². The van der Waals surface area contributed by atoms with E-state index in [-0.39, 0.29) is 6.17 Å². The maximum atomic E-state index is 11.1. The van der Waals surface area contributed by atoms with Crippen LogP contribution in [0.15, 0.2) is 78.9 Å². The number of benzene rings is 3. The van der Waals surface area contributed by atoms with E-state index in [4.69, 9.17) is 0 Å². The van der Waals surface area contributed by atoms with Gasteiger partial charge in [-0.05, 0) is 26.0 Å². The molecule has 2 unspecified atom stereocenters. The SMILES string of the molecule is CCN(CC)c1ccc(C2[NH+](Cc3ccccc3)CC[NH+]2Cc2ccccc2)c(O)c1. The third-order valence-electron chi connectivity index (χ3n) is 6.59. The maximum absolute atomic E-state index is 11.1. The van der Waals surface area contributed by atoms with Crippen LogP contribution in [0.1, 0.15) is 36.7 Å². The smallest absolute Gasteiger partial charge is 0.244 e. The van der Waals surface area contributed by atoms with Crippen molar-refractivity contribution < 1.29 is 14.9 Å². The highest BCUT2D eigenvalue weighted by molar-refractivity contribution is 5.53. The minimum atomic E-state index is 0.214. The highest BCUT2D eigenvalue weighted by Gasteiger charge is 2.42. The number of hydrogen-bond donors (Lipinski definition) is 3. The summed E-state index contributed by atoms with van der Waals surface area (Å²) < 4.78 is 0. The summed E-state index contributed by atoms with van der Waals surface area (Å²) in [5, 5.41) is 11.1. The largest absolute Gasteiger partial charge is 0.507 e. The summed E-state index contributed by atoms with van der Waals surface area (Å²) in [7, 11) is 0. The molecule has 2 atom stereocenters. The fourth-order valence-electron chi connectivity index (χ4n) is 5.00. The zero-order valence-electron chi connectivity index (χ0n) is 18.7. The van der Waals surface area contributed by atoms with E-state index in [0.29, 0.717) is 5.75 Å². The predicted octanol–water partition coefficient (Wildman–Crippen LogP) is 2.42. The van der Waals surface area contributed by atoms with Crippen molar-refractivity contribution in [1.29, 1.82) is 0 Å². The molecule has 1 aliphatic rings. The van der Waals surface area contributed by atoms with E-state index >= 15 is 0 Å². The van der Waals surface area contributed by atoms with Crippen molar-refractivity contribution in [2.24, 2.45) is 0 Å². The van der Waals surface area contributed by atoms with Gasteiger partial charge in [0.1, 0.15) is 37.5 Å². The summed E-state index contributed by atoms with van der Waals surface area (Å²) in [5.41, 5.74) is 4.86. The monoisotopic (exact) mass is 417 g/mol. The van der Waals surface area contributed by atoms with Crippen LogP contribution in [0.4, 0.5) is 5.69 Å². The minimum Gasteiger partial charge on any atom is -0.507 e. The summed E-state index contributed by atoms with van der Waals surface area (Å²) >= 11 is 0. The fraction of sp³-hybridized carbons (Fsp3) is 0.333. The lowest BCUT2D eigenvalue weighted by Gasteiger charge is -2.27. The molecule has 0 aromatic heterocycles. The second kappa shape index (κ2) is 9.99. The number of hydrogen-bond acceptors (Lipinski definition) is 2. The van der Waals surface area contributed by atoms with Gasteiger partial charge >= 0.3 is 0 Å². The van der Waals surface area contributed by atoms with Gasteiger partial charge in [-0.25, -0.2) is 0 Å². The molecule has 0 spiro atoms. The normalized spacial score (nSPS) is 20.6. The Kier molecular flexibility index (Phi) is 6.90. The lowest BCUT2D eigenvalue weighted by atomic mass is 10.1. The van der Waals surface area contributed by atoms with Crippen LogP contribution in [0.3, 0.4) is 0 Å². The number of nitrogens with zero attached hydrogens (tertiary/aromatic N) is 1. The Morgan fingerprint density at radius 1 is 0.774 bits per heavy atom. The third kappa shape index (κ3) is 4.92. The number of phenolic OH excluding ortho intramolecular Hbond substituents is 1. The number of phenols is 1. The molecule has 1 fully saturated rings. The molecule has 3 N–H and O–H groups in total. The van der Waals surface area contributed by atoms with Crippen LogP contribution in [0.5, 0.6) is 5.75 Å². The minimum absolute atomic E-state index is 0.214. The van der Waals surface area contributed by atoms with Gasteiger partial charge in [-0.3, -0.25) is 9.80 Å². The van der Waals surface area contributed by atoms with Gasteiger partial charge in [0, 0.05) is 36.0 Å². The molecule has 3 aromatic carbocycles. The van der Waals surface area contributed by atoms with Gasteiger partial charge in [0.05, 0.1) is 0 Å². The zero-order chi connectivity index (χ0) is 21.6. The average Bonchev–Trinajstić information content (AvgIpc) is 3.18. The molecule has 0 aliphatic carbocycles. The van der Waals surface area contributed by atoms with Crippen molar-refractivity contribution in [3.8, 4) is 5.75 Å². The first-order valence-corrected chi connectivity index (χ1v) is 11.5. The van der Waals surface area contributed by atoms with Gasteiger partial charge in [-0.1, -0.05) is 60.7 Å². The number of quaternary nitrogens is 2. The van der Waals surface area contributed by atoms with Crippen molar-refractivity contribution in [1.82, 2.24) is 0 Å². The zero-order valence-corrected chi connectivity index (χ0v) is 18.7. The van der Waals surface area contributed by atoms with E-state index in [2.05, 4.69) is 91.5 Å². The van der Waals surface area contributed by atoms with Crippen LogP contribution < -0.4 is 14.7 Å². The molecule has 0 radical (unpaired) electrons. The van der Waals surface area contributed by atoms with E-state index < -0.39 is 0 Å². The summed E-state index contributed by atoms with van der Waals surface area (Å²) in [6.45, 7) is 10.3. The van der Waals surface area contributed by atoms with E-state index in [1.54, 1.807) is 0 Å². The maximum Gasteiger partial charge on any atom is 0.244 e. The third-order valence-corrected chi connectivity index (χ3v) is 6.59. The van der Waals surface area contributed by atoms with E-state index in [0.717, 1.165) is 50.5 Å².